The SMILES string of the molecule is CCC1C(C(=O)c2ccc(Cl)c(Cl)c2)=C(C)NC(C)=C1C(=O)c1ccc(Cl)c(Cl)c1. The average molecular weight is 483 g/mol. The van der Waals surface area contributed by atoms with E-state index in [0.29, 0.717) is 60.2 Å². The second-order valence-corrected chi connectivity index (χ2v) is 8.71. The number of hydrogen-bond acceptors (Lipinski definition) is 3. The summed E-state index contributed by atoms with van der Waals surface area (Å²) in [6.07, 6.45) is 0.571. The van der Waals surface area contributed by atoms with Gasteiger partial charge in [0.15, 0.2) is 11.6 Å². The van der Waals surface area contributed by atoms with Gasteiger partial charge in [-0.1, -0.05) is 53.3 Å². The Labute approximate surface area is 195 Å². The molecule has 2 aromatic rings. The van der Waals surface area contributed by atoms with Crippen LogP contribution in [0.3, 0.4) is 0 Å². The first-order valence-corrected chi connectivity index (χ1v) is 10.8. The maximum Gasteiger partial charge on any atom is 0.191 e. The summed E-state index contributed by atoms with van der Waals surface area (Å²) in [4.78, 5) is 26.8. The van der Waals surface area contributed by atoms with E-state index in [4.69, 9.17) is 46.4 Å². The number of benzene rings is 2. The molecule has 0 amide bonds. The molecular formula is C23H19Cl4NO2. The predicted molar refractivity (Wildman–Crippen MR) is 124 cm³/mol. The first-order chi connectivity index (χ1) is 14.1. The summed E-state index contributed by atoms with van der Waals surface area (Å²) in [7, 11) is 0. The van der Waals surface area contributed by atoms with Crippen LogP contribution < -0.4 is 5.32 Å². The monoisotopic (exact) mass is 481 g/mol. The van der Waals surface area contributed by atoms with Gasteiger partial charge in [-0.25, -0.2) is 0 Å². The Balaban J connectivity index is 2.05. The smallest absolute Gasteiger partial charge is 0.191 e. The van der Waals surface area contributed by atoms with Gasteiger partial charge >= 0.3 is 0 Å². The number of carbonyl (C=O) groups excluding carboxylic acids is 2. The van der Waals surface area contributed by atoms with E-state index < -0.39 is 0 Å². The lowest BCUT2D eigenvalue weighted by molar-refractivity contribution is 0.100. The van der Waals surface area contributed by atoms with Gasteiger partial charge in [0.25, 0.3) is 0 Å². The summed E-state index contributed by atoms with van der Waals surface area (Å²) < 4.78 is 0. The van der Waals surface area contributed by atoms with Gasteiger partial charge in [0, 0.05) is 39.6 Å². The predicted octanol–water partition coefficient (Wildman–Crippen LogP) is 7.54. The van der Waals surface area contributed by atoms with Crippen molar-refractivity contribution in [3.63, 3.8) is 0 Å². The molecule has 0 atom stereocenters. The van der Waals surface area contributed by atoms with Gasteiger partial charge in [-0.2, -0.15) is 0 Å². The topological polar surface area (TPSA) is 46.2 Å². The van der Waals surface area contributed by atoms with E-state index in [-0.39, 0.29) is 17.5 Å². The molecule has 156 valence electrons. The molecule has 1 heterocycles. The first-order valence-electron chi connectivity index (χ1n) is 9.33. The summed E-state index contributed by atoms with van der Waals surface area (Å²) >= 11 is 24.2. The van der Waals surface area contributed by atoms with E-state index in [9.17, 15) is 9.59 Å². The molecule has 0 unspecified atom stereocenters. The summed E-state index contributed by atoms with van der Waals surface area (Å²) in [5, 5.41) is 4.55. The fraction of sp³-hybridized carbons (Fsp3) is 0.217. The van der Waals surface area contributed by atoms with Crippen molar-refractivity contribution in [2.45, 2.75) is 27.2 Å². The normalized spacial score (nSPS) is 14.8. The van der Waals surface area contributed by atoms with Crippen LogP contribution in [0.25, 0.3) is 0 Å². The van der Waals surface area contributed by atoms with Crippen molar-refractivity contribution in [2.24, 2.45) is 5.92 Å². The molecule has 1 N–H and O–H groups in total. The van der Waals surface area contributed by atoms with Crippen LogP contribution >= 0.6 is 46.4 Å². The minimum absolute atomic E-state index is 0.197. The van der Waals surface area contributed by atoms with Crippen LogP contribution in [0, 0.1) is 5.92 Å². The fourth-order valence-electron chi connectivity index (χ4n) is 3.73. The zero-order chi connectivity index (χ0) is 22.2. The molecule has 2 aromatic carbocycles. The summed E-state index contributed by atoms with van der Waals surface area (Å²) in [6, 6.07) is 9.54. The highest BCUT2D eigenvalue weighted by Crippen LogP contribution is 2.37. The molecule has 0 radical (unpaired) electrons. The molecule has 1 aliphatic heterocycles. The van der Waals surface area contributed by atoms with Crippen LogP contribution in [0.5, 0.6) is 0 Å². The van der Waals surface area contributed by atoms with Gasteiger partial charge in [-0.05, 0) is 56.7 Å². The maximum atomic E-state index is 13.4. The standard InChI is InChI=1S/C23H19Cl4NO2/c1-4-15-20(22(29)13-5-7-16(24)18(26)9-13)11(2)28-12(3)21(15)23(30)14-6-8-17(25)19(27)10-14/h5-10,15,28H,4H2,1-3H3. The molecule has 0 bridgehead atoms. The Kier molecular flexibility index (Phi) is 6.98. The van der Waals surface area contributed by atoms with E-state index in [1.165, 1.54) is 0 Å². The number of dihydropyridines is 1. The molecule has 0 saturated carbocycles. The number of carbonyl (C=O) groups is 2. The Morgan fingerprint density at radius 3 is 1.50 bits per heavy atom. The van der Waals surface area contributed by atoms with Crippen LogP contribution in [-0.4, -0.2) is 11.6 Å². The van der Waals surface area contributed by atoms with Crippen molar-refractivity contribution in [1.82, 2.24) is 5.32 Å². The van der Waals surface area contributed by atoms with Gasteiger partial charge in [0.05, 0.1) is 20.1 Å². The van der Waals surface area contributed by atoms with E-state index in [2.05, 4.69) is 5.32 Å². The highest BCUT2D eigenvalue weighted by molar-refractivity contribution is 6.42. The summed E-state index contributed by atoms with van der Waals surface area (Å²) in [5.41, 5.74) is 3.32. The van der Waals surface area contributed by atoms with Crippen molar-refractivity contribution in [2.75, 3.05) is 0 Å². The van der Waals surface area contributed by atoms with Crippen molar-refractivity contribution >= 4 is 58.0 Å². The lowest BCUT2D eigenvalue weighted by Gasteiger charge is -2.30. The molecule has 7 heteroatoms. The minimum Gasteiger partial charge on any atom is -0.362 e. The van der Waals surface area contributed by atoms with Gasteiger partial charge in [-0.15, -0.1) is 0 Å². The molecule has 3 rings (SSSR count). The lowest BCUT2D eigenvalue weighted by atomic mass is 9.77. The van der Waals surface area contributed by atoms with Crippen LogP contribution in [0.4, 0.5) is 0 Å². The third kappa shape index (κ3) is 4.31. The van der Waals surface area contributed by atoms with Crippen molar-refractivity contribution in [3.8, 4) is 0 Å². The molecule has 0 aromatic heterocycles. The molecule has 0 spiro atoms. The van der Waals surface area contributed by atoms with Gasteiger partial charge < -0.3 is 5.32 Å². The average Bonchev–Trinajstić information content (AvgIpc) is 2.70. The van der Waals surface area contributed by atoms with Crippen molar-refractivity contribution < 1.29 is 9.59 Å². The number of hydrogen-bond donors (Lipinski definition) is 1. The maximum absolute atomic E-state index is 13.4. The number of ketones is 2. The van der Waals surface area contributed by atoms with E-state index >= 15 is 0 Å². The van der Waals surface area contributed by atoms with E-state index in [0.717, 1.165) is 0 Å². The minimum atomic E-state index is -0.379. The molecule has 30 heavy (non-hydrogen) atoms. The lowest BCUT2D eigenvalue weighted by Crippen LogP contribution is -2.32. The largest absolute Gasteiger partial charge is 0.362 e. The number of Topliss-reactive ketones (excluding diaryl/α,β-unsaturated/α-hetero) is 2. The third-order valence-electron chi connectivity index (χ3n) is 5.14. The van der Waals surface area contributed by atoms with Crippen molar-refractivity contribution in [3.05, 3.63) is 90.2 Å². The van der Waals surface area contributed by atoms with E-state index in [1.54, 1.807) is 36.4 Å². The molecule has 3 nitrogen and oxygen atoms in total. The Morgan fingerprint density at radius 1 is 0.767 bits per heavy atom. The highest BCUT2D eigenvalue weighted by atomic mass is 35.5. The van der Waals surface area contributed by atoms with E-state index in [1.807, 2.05) is 20.8 Å². The second kappa shape index (κ2) is 9.15. The van der Waals surface area contributed by atoms with Gasteiger partial charge in [-0.3, -0.25) is 9.59 Å². The van der Waals surface area contributed by atoms with Crippen molar-refractivity contribution in [1.29, 1.82) is 0 Å². The quantitative estimate of drug-likeness (QED) is 0.447. The summed E-state index contributed by atoms with van der Waals surface area (Å²) in [6.45, 7) is 5.61. The molecule has 0 fully saturated rings. The highest BCUT2D eigenvalue weighted by Gasteiger charge is 2.34. The number of allylic oxidation sites excluding steroid dienone is 4. The Morgan fingerprint density at radius 2 is 1.17 bits per heavy atom. The van der Waals surface area contributed by atoms with Gasteiger partial charge in [0.1, 0.15) is 0 Å². The Hall–Kier alpha value is -1.78. The molecule has 1 aliphatic rings. The zero-order valence-electron chi connectivity index (χ0n) is 16.6. The van der Waals surface area contributed by atoms with Crippen LogP contribution in [-0.2, 0) is 0 Å². The molecular weight excluding hydrogens is 464 g/mol. The van der Waals surface area contributed by atoms with Gasteiger partial charge in [0.2, 0.25) is 0 Å². The summed E-state index contributed by atoms with van der Waals surface area (Å²) in [5.74, 6) is -0.773. The third-order valence-corrected chi connectivity index (χ3v) is 6.62. The first kappa shape index (κ1) is 22.9. The number of halogens is 4. The number of nitrogens with one attached hydrogen (secondary N) is 1. The van der Waals surface area contributed by atoms with Crippen LogP contribution in [0.2, 0.25) is 20.1 Å². The fourth-order valence-corrected chi connectivity index (χ4v) is 4.33. The van der Waals surface area contributed by atoms with Crippen LogP contribution in [0.15, 0.2) is 58.9 Å². The number of rotatable bonds is 5. The molecule has 0 saturated heterocycles. The zero-order valence-corrected chi connectivity index (χ0v) is 19.6. The molecule has 0 aliphatic carbocycles. The Bertz CT molecular complexity index is 1030. The second-order valence-electron chi connectivity index (χ2n) is 7.08. The van der Waals surface area contributed by atoms with Crippen LogP contribution in [0.1, 0.15) is 47.9 Å².